The van der Waals surface area contributed by atoms with Crippen molar-refractivity contribution in [1.82, 2.24) is 9.97 Å². The van der Waals surface area contributed by atoms with E-state index >= 15 is 0 Å². The van der Waals surface area contributed by atoms with Crippen LogP contribution in [0.4, 0.5) is 8.78 Å². The van der Waals surface area contributed by atoms with Crippen molar-refractivity contribution in [3.05, 3.63) is 53.9 Å². The zero-order valence-corrected chi connectivity index (χ0v) is 11.5. The summed E-state index contributed by atoms with van der Waals surface area (Å²) in [6.45, 7) is 7.09. The second kappa shape index (κ2) is 5.49. The Morgan fingerprint density at radius 2 is 2.00 bits per heavy atom. The van der Waals surface area contributed by atoms with Gasteiger partial charge in [0.15, 0.2) is 0 Å². The summed E-state index contributed by atoms with van der Waals surface area (Å²) in [5.74, 6) is -2.93. The molecule has 0 spiro atoms. The number of benzene rings is 1. The summed E-state index contributed by atoms with van der Waals surface area (Å²) < 4.78 is 27.8. The molecule has 1 aromatic carbocycles. The van der Waals surface area contributed by atoms with E-state index in [1.807, 2.05) is 26.0 Å². The Morgan fingerprint density at radius 3 is 2.65 bits per heavy atom. The van der Waals surface area contributed by atoms with Gasteiger partial charge in [-0.25, -0.2) is 18.7 Å². The zero-order valence-electron chi connectivity index (χ0n) is 11.5. The van der Waals surface area contributed by atoms with Crippen molar-refractivity contribution in [3.8, 4) is 0 Å². The fourth-order valence-electron chi connectivity index (χ4n) is 2.00. The average molecular weight is 274 g/mol. The van der Waals surface area contributed by atoms with Gasteiger partial charge in [0, 0.05) is 12.0 Å². The summed E-state index contributed by atoms with van der Waals surface area (Å²) in [5.41, 5.74) is 2.51. The highest BCUT2D eigenvalue weighted by Gasteiger charge is 2.30. The van der Waals surface area contributed by atoms with Gasteiger partial charge in [0.2, 0.25) is 0 Å². The minimum atomic E-state index is -2.93. The maximum absolute atomic E-state index is 13.9. The Kier molecular flexibility index (Phi) is 3.93. The Labute approximate surface area is 116 Å². The third-order valence-electron chi connectivity index (χ3n) is 3.02. The third kappa shape index (κ3) is 2.74. The van der Waals surface area contributed by atoms with Gasteiger partial charge >= 0.3 is 0 Å². The maximum Gasteiger partial charge on any atom is 0.276 e. The average Bonchev–Trinajstić information content (AvgIpc) is 2.39. The normalized spacial score (nSPS) is 12.2. The number of rotatable bonds is 4. The number of fused-ring (bicyclic) bond motifs is 1. The molecule has 0 amide bonds. The maximum atomic E-state index is 13.9. The monoisotopic (exact) mass is 274 g/mol. The number of halogens is 2. The van der Waals surface area contributed by atoms with E-state index in [1.165, 1.54) is 18.2 Å². The Morgan fingerprint density at radius 1 is 1.25 bits per heavy atom. The predicted octanol–water partition coefficient (Wildman–Crippen LogP) is 4.64. The number of nitrogens with zero attached hydrogens (tertiary/aromatic N) is 2. The Hall–Kier alpha value is -2.10. The van der Waals surface area contributed by atoms with Crippen LogP contribution in [0.2, 0.25) is 0 Å². The molecule has 0 fully saturated rings. The molecule has 2 aromatic rings. The lowest BCUT2D eigenvalue weighted by molar-refractivity contribution is -0.000734. The number of hydrogen-bond donors (Lipinski definition) is 0. The van der Waals surface area contributed by atoms with Crippen LogP contribution < -0.4 is 0 Å². The molecule has 0 aliphatic heterocycles. The lowest BCUT2D eigenvalue weighted by Gasteiger charge is -2.15. The third-order valence-corrected chi connectivity index (χ3v) is 3.02. The number of alkyl halides is 2. The SMILES string of the molecule is C=CCC(F)(F)c1ccc2nc(C)c(/C=C/C)nc2c1. The van der Waals surface area contributed by atoms with Crippen LogP contribution in [0, 0.1) is 6.92 Å². The molecule has 2 nitrogen and oxygen atoms in total. The van der Waals surface area contributed by atoms with Crippen LogP contribution in [0.3, 0.4) is 0 Å². The lowest BCUT2D eigenvalue weighted by atomic mass is 10.0. The van der Waals surface area contributed by atoms with E-state index < -0.39 is 5.92 Å². The van der Waals surface area contributed by atoms with Crippen LogP contribution in [-0.2, 0) is 5.92 Å². The number of aromatic nitrogens is 2. The van der Waals surface area contributed by atoms with Crippen LogP contribution >= 0.6 is 0 Å². The summed E-state index contributed by atoms with van der Waals surface area (Å²) in [4.78, 5) is 8.77. The molecule has 0 atom stereocenters. The van der Waals surface area contributed by atoms with Gasteiger partial charge in [-0.3, -0.25) is 0 Å². The molecule has 0 unspecified atom stereocenters. The highest BCUT2D eigenvalue weighted by Crippen LogP contribution is 2.33. The molecule has 0 aliphatic rings. The molecule has 0 saturated carbocycles. The first-order valence-electron chi connectivity index (χ1n) is 6.38. The molecule has 1 heterocycles. The first kappa shape index (κ1) is 14.3. The van der Waals surface area contributed by atoms with Crippen LogP contribution in [0.25, 0.3) is 17.1 Å². The molecule has 2 rings (SSSR count). The Bertz CT molecular complexity index is 675. The predicted molar refractivity (Wildman–Crippen MR) is 77.7 cm³/mol. The fourth-order valence-corrected chi connectivity index (χ4v) is 2.00. The summed E-state index contributed by atoms with van der Waals surface area (Å²) in [6.07, 6.45) is 4.49. The van der Waals surface area contributed by atoms with E-state index in [1.54, 1.807) is 6.07 Å². The van der Waals surface area contributed by atoms with Crippen molar-refractivity contribution in [2.24, 2.45) is 0 Å². The highest BCUT2D eigenvalue weighted by atomic mass is 19.3. The largest absolute Gasteiger partial charge is 0.276 e. The van der Waals surface area contributed by atoms with Crippen molar-refractivity contribution in [1.29, 1.82) is 0 Å². The summed E-state index contributed by atoms with van der Waals surface area (Å²) in [6, 6.07) is 4.38. The molecular formula is C16H16F2N2. The minimum Gasteiger partial charge on any atom is -0.249 e. The summed E-state index contributed by atoms with van der Waals surface area (Å²) in [7, 11) is 0. The topological polar surface area (TPSA) is 25.8 Å². The zero-order chi connectivity index (χ0) is 14.8. The molecule has 0 saturated heterocycles. The van der Waals surface area contributed by atoms with Gasteiger partial charge in [-0.2, -0.15) is 0 Å². The summed E-state index contributed by atoms with van der Waals surface area (Å²) >= 11 is 0. The van der Waals surface area contributed by atoms with E-state index in [0.717, 1.165) is 5.69 Å². The van der Waals surface area contributed by atoms with Crippen molar-refractivity contribution >= 4 is 17.1 Å². The molecule has 1 aromatic heterocycles. The molecule has 0 aliphatic carbocycles. The lowest BCUT2D eigenvalue weighted by Crippen LogP contribution is -2.12. The van der Waals surface area contributed by atoms with E-state index in [9.17, 15) is 8.78 Å². The van der Waals surface area contributed by atoms with Gasteiger partial charge in [-0.05, 0) is 32.1 Å². The van der Waals surface area contributed by atoms with Crippen molar-refractivity contribution in [3.63, 3.8) is 0 Å². The van der Waals surface area contributed by atoms with Crippen LogP contribution in [0.5, 0.6) is 0 Å². The van der Waals surface area contributed by atoms with Gasteiger partial charge in [0.25, 0.3) is 5.92 Å². The van der Waals surface area contributed by atoms with Crippen LogP contribution in [-0.4, -0.2) is 9.97 Å². The molecule has 0 bridgehead atoms. The second-order valence-electron chi connectivity index (χ2n) is 4.59. The molecular weight excluding hydrogens is 258 g/mol. The van der Waals surface area contributed by atoms with E-state index in [0.29, 0.717) is 16.7 Å². The molecule has 0 radical (unpaired) electrons. The minimum absolute atomic E-state index is 0.0607. The first-order chi connectivity index (χ1) is 9.47. The van der Waals surface area contributed by atoms with Gasteiger partial charge in [0.1, 0.15) is 0 Å². The van der Waals surface area contributed by atoms with Gasteiger partial charge in [-0.1, -0.05) is 18.2 Å². The molecule has 20 heavy (non-hydrogen) atoms. The van der Waals surface area contributed by atoms with Gasteiger partial charge < -0.3 is 0 Å². The van der Waals surface area contributed by atoms with E-state index in [2.05, 4.69) is 16.5 Å². The Balaban J connectivity index is 2.58. The van der Waals surface area contributed by atoms with Crippen molar-refractivity contribution in [2.75, 3.05) is 0 Å². The highest BCUT2D eigenvalue weighted by molar-refractivity contribution is 5.76. The van der Waals surface area contributed by atoms with Gasteiger partial charge in [0.05, 0.1) is 22.4 Å². The number of aryl methyl sites for hydroxylation is 1. The van der Waals surface area contributed by atoms with Crippen LogP contribution in [0.15, 0.2) is 36.9 Å². The number of hydrogen-bond acceptors (Lipinski definition) is 2. The standard InChI is InChI=1S/C16H16F2N2/c1-4-6-13-11(3)19-14-8-7-12(10-15(14)20-13)16(17,18)9-5-2/h4-8,10H,2,9H2,1,3H3/b6-4+. The molecule has 4 heteroatoms. The van der Waals surface area contributed by atoms with E-state index in [4.69, 9.17) is 0 Å². The van der Waals surface area contributed by atoms with Crippen LogP contribution in [0.1, 0.15) is 30.3 Å². The van der Waals surface area contributed by atoms with Crippen molar-refractivity contribution in [2.45, 2.75) is 26.2 Å². The first-order valence-corrected chi connectivity index (χ1v) is 6.38. The number of allylic oxidation sites excluding steroid dienone is 2. The molecule has 104 valence electrons. The van der Waals surface area contributed by atoms with Gasteiger partial charge in [-0.15, -0.1) is 6.58 Å². The summed E-state index contributed by atoms with van der Waals surface area (Å²) in [5, 5.41) is 0. The smallest absolute Gasteiger partial charge is 0.249 e. The molecule has 0 N–H and O–H groups in total. The fraction of sp³-hybridized carbons (Fsp3) is 0.250. The van der Waals surface area contributed by atoms with E-state index in [-0.39, 0.29) is 12.0 Å². The van der Waals surface area contributed by atoms with Crippen molar-refractivity contribution < 1.29 is 8.78 Å². The quantitative estimate of drug-likeness (QED) is 0.759. The second-order valence-corrected chi connectivity index (χ2v) is 4.59.